The Morgan fingerprint density at radius 3 is 2.31 bits per heavy atom. The van der Waals surface area contributed by atoms with Gasteiger partial charge < -0.3 is 9.84 Å². The molecule has 5 heteroatoms. The number of benzene rings is 1. The fraction of sp³-hybridized carbons (Fsp3) is 0.455. The molecule has 0 radical (unpaired) electrons. The molecule has 1 N–H and O–H groups in total. The first-order valence-corrected chi connectivity index (χ1v) is 4.77. The molecule has 2 nitrogen and oxygen atoms in total. The van der Waals surface area contributed by atoms with Crippen molar-refractivity contribution in [3.05, 3.63) is 35.4 Å². The minimum atomic E-state index is -4.35. The standard InChI is InChI=1S/C11H13F3O2/c1-8-2-4-9(5-3-8)10(15)6-16-7-11(12,13)14/h2-5,10,15H,6-7H2,1H3/t10-/m1/s1. The monoisotopic (exact) mass is 234 g/mol. The largest absolute Gasteiger partial charge is 0.411 e. The zero-order chi connectivity index (χ0) is 12.2. The first-order valence-electron chi connectivity index (χ1n) is 4.77. The van der Waals surface area contributed by atoms with E-state index in [9.17, 15) is 18.3 Å². The molecule has 0 amide bonds. The lowest BCUT2D eigenvalue weighted by molar-refractivity contribution is -0.179. The Kier molecular flexibility index (Phi) is 4.32. The minimum absolute atomic E-state index is 0.359. The van der Waals surface area contributed by atoms with Crippen molar-refractivity contribution in [2.45, 2.75) is 19.2 Å². The molecule has 0 saturated heterocycles. The lowest BCUT2D eigenvalue weighted by Gasteiger charge is -2.13. The van der Waals surface area contributed by atoms with Gasteiger partial charge in [-0.25, -0.2) is 0 Å². The summed E-state index contributed by atoms with van der Waals surface area (Å²) in [6.07, 6.45) is -5.38. The van der Waals surface area contributed by atoms with Crippen LogP contribution in [0, 0.1) is 6.92 Å². The summed E-state index contributed by atoms with van der Waals surface area (Å²) >= 11 is 0. The van der Waals surface area contributed by atoms with Crippen LogP contribution in [0.5, 0.6) is 0 Å². The van der Waals surface area contributed by atoms with Gasteiger partial charge in [-0.15, -0.1) is 0 Å². The van der Waals surface area contributed by atoms with Gasteiger partial charge in [-0.3, -0.25) is 0 Å². The summed E-state index contributed by atoms with van der Waals surface area (Å²) in [5.74, 6) is 0. The van der Waals surface area contributed by atoms with Crippen molar-refractivity contribution in [1.29, 1.82) is 0 Å². The number of aryl methyl sites for hydroxylation is 1. The van der Waals surface area contributed by atoms with Gasteiger partial charge >= 0.3 is 6.18 Å². The molecule has 1 rings (SSSR count). The van der Waals surface area contributed by atoms with Crippen LogP contribution in [0.15, 0.2) is 24.3 Å². The van der Waals surface area contributed by atoms with Gasteiger partial charge in [0, 0.05) is 0 Å². The molecule has 0 aliphatic rings. The molecule has 1 aromatic rings. The molecule has 1 atom stereocenters. The quantitative estimate of drug-likeness (QED) is 0.867. The number of hydrogen-bond donors (Lipinski definition) is 1. The van der Waals surface area contributed by atoms with Crippen LogP contribution in [0.4, 0.5) is 13.2 Å². The highest BCUT2D eigenvalue weighted by Crippen LogP contribution is 2.17. The zero-order valence-electron chi connectivity index (χ0n) is 8.79. The fourth-order valence-corrected chi connectivity index (χ4v) is 1.17. The van der Waals surface area contributed by atoms with Gasteiger partial charge in [0.15, 0.2) is 0 Å². The molecule has 0 aromatic heterocycles. The van der Waals surface area contributed by atoms with Crippen LogP contribution >= 0.6 is 0 Å². The summed E-state index contributed by atoms with van der Waals surface area (Å²) in [5.41, 5.74) is 1.57. The Morgan fingerprint density at radius 2 is 1.81 bits per heavy atom. The van der Waals surface area contributed by atoms with Gasteiger partial charge in [0.25, 0.3) is 0 Å². The Bertz CT molecular complexity index is 319. The van der Waals surface area contributed by atoms with Gasteiger partial charge in [-0.05, 0) is 12.5 Å². The van der Waals surface area contributed by atoms with E-state index in [-0.39, 0.29) is 6.61 Å². The summed E-state index contributed by atoms with van der Waals surface area (Å²) < 4.78 is 39.6. The van der Waals surface area contributed by atoms with Gasteiger partial charge in [-0.2, -0.15) is 13.2 Å². The summed E-state index contributed by atoms with van der Waals surface area (Å²) in [6, 6.07) is 6.89. The second-order valence-corrected chi connectivity index (χ2v) is 3.56. The van der Waals surface area contributed by atoms with Crippen LogP contribution in [0.2, 0.25) is 0 Å². The number of rotatable bonds is 4. The van der Waals surface area contributed by atoms with Gasteiger partial charge in [0.1, 0.15) is 12.7 Å². The number of aliphatic hydroxyl groups excluding tert-OH is 1. The average molecular weight is 234 g/mol. The number of hydrogen-bond acceptors (Lipinski definition) is 2. The molecule has 0 unspecified atom stereocenters. The Morgan fingerprint density at radius 1 is 1.25 bits per heavy atom. The molecule has 0 spiro atoms. The third-order valence-electron chi connectivity index (χ3n) is 2.00. The number of aliphatic hydroxyl groups is 1. The third-order valence-corrected chi connectivity index (χ3v) is 2.00. The summed E-state index contributed by atoms with van der Waals surface area (Å²) in [4.78, 5) is 0. The van der Waals surface area contributed by atoms with E-state index in [2.05, 4.69) is 4.74 Å². The van der Waals surface area contributed by atoms with Crippen molar-refractivity contribution in [2.24, 2.45) is 0 Å². The summed E-state index contributed by atoms with van der Waals surface area (Å²) in [7, 11) is 0. The van der Waals surface area contributed by atoms with Crippen LogP contribution in [-0.2, 0) is 4.74 Å². The Hall–Kier alpha value is -1.07. The molecular weight excluding hydrogens is 221 g/mol. The molecule has 0 aliphatic carbocycles. The number of alkyl halides is 3. The van der Waals surface area contributed by atoms with E-state index in [0.717, 1.165) is 5.56 Å². The molecular formula is C11H13F3O2. The second kappa shape index (κ2) is 5.32. The molecule has 0 heterocycles. The average Bonchev–Trinajstić information content (AvgIpc) is 2.16. The van der Waals surface area contributed by atoms with Crippen molar-refractivity contribution in [3.8, 4) is 0 Å². The summed E-state index contributed by atoms with van der Waals surface area (Å²) in [5, 5.41) is 9.52. The van der Waals surface area contributed by atoms with Crippen LogP contribution in [0.1, 0.15) is 17.2 Å². The molecule has 16 heavy (non-hydrogen) atoms. The van der Waals surface area contributed by atoms with E-state index in [1.54, 1.807) is 24.3 Å². The van der Waals surface area contributed by atoms with Crippen molar-refractivity contribution in [3.63, 3.8) is 0 Å². The van der Waals surface area contributed by atoms with E-state index in [1.165, 1.54) is 0 Å². The van der Waals surface area contributed by atoms with E-state index >= 15 is 0 Å². The van der Waals surface area contributed by atoms with E-state index in [0.29, 0.717) is 5.56 Å². The smallest absolute Gasteiger partial charge is 0.386 e. The van der Waals surface area contributed by atoms with Crippen LogP contribution < -0.4 is 0 Å². The number of halogens is 3. The maximum atomic E-state index is 11.8. The molecule has 0 aliphatic heterocycles. The predicted octanol–water partition coefficient (Wildman–Crippen LogP) is 2.61. The zero-order valence-corrected chi connectivity index (χ0v) is 8.79. The van der Waals surface area contributed by atoms with Crippen molar-refractivity contribution in [1.82, 2.24) is 0 Å². The predicted molar refractivity (Wildman–Crippen MR) is 53.0 cm³/mol. The van der Waals surface area contributed by atoms with E-state index in [4.69, 9.17) is 0 Å². The molecule has 90 valence electrons. The highest BCUT2D eigenvalue weighted by Gasteiger charge is 2.27. The fourth-order valence-electron chi connectivity index (χ4n) is 1.17. The van der Waals surface area contributed by atoms with Crippen molar-refractivity contribution in [2.75, 3.05) is 13.2 Å². The Labute approximate surface area is 91.7 Å². The molecule has 1 aromatic carbocycles. The lowest BCUT2D eigenvalue weighted by Crippen LogP contribution is -2.19. The van der Waals surface area contributed by atoms with Crippen LogP contribution in [-0.4, -0.2) is 24.5 Å². The lowest BCUT2D eigenvalue weighted by atomic mass is 10.1. The molecule has 0 fully saturated rings. The van der Waals surface area contributed by atoms with Crippen molar-refractivity contribution < 1.29 is 23.0 Å². The van der Waals surface area contributed by atoms with E-state index < -0.39 is 18.9 Å². The maximum Gasteiger partial charge on any atom is 0.411 e. The Balaban J connectivity index is 2.41. The second-order valence-electron chi connectivity index (χ2n) is 3.56. The SMILES string of the molecule is Cc1ccc([C@H](O)COCC(F)(F)F)cc1. The first-order chi connectivity index (χ1) is 7.38. The van der Waals surface area contributed by atoms with Crippen LogP contribution in [0.3, 0.4) is 0 Å². The van der Waals surface area contributed by atoms with E-state index in [1.807, 2.05) is 6.92 Å². The highest BCUT2D eigenvalue weighted by atomic mass is 19.4. The van der Waals surface area contributed by atoms with Gasteiger partial charge in [-0.1, -0.05) is 29.8 Å². The first kappa shape index (κ1) is 13.0. The summed E-state index contributed by atoms with van der Waals surface area (Å²) in [6.45, 7) is 0.189. The molecule has 0 saturated carbocycles. The molecule has 0 bridgehead atoms. The van der Waals surface area contributed by atoms with Gasteiger partial charge in [0.05, 0.1) is 6.61 Å². The van der Waals surface area contributed by atoms with Crippen molar-refractivity contribution >= 4 is 0 Å². The maximum absolute atomic E-state index is 11.8. The topological polar surface area (TPSA) is 29.5 Å². The number of ether oxygens (including phenoxy) is 1. The normalized spacial score (nSPS) is 13.8. The van der Waals surface area contributed by atoms with Crippen LogP contribution in [0.25, 0.3) is 0 Å². The highest BCUT2D eigenvalue weighted by molar-refractivity contribution is 5.23. The third kappa shape index (κ3) is 4.63. The minimum Gasteiger partial charge on any atom is -0.386 e. The van der Waals surface area contributed by atoms with Gasteiger partial charge in [0.2, 0.25) is 0 Å².